The SMILES string of the molecule is C[C@H](N)c1ccc(-n2ccnc2)cc1. The summed E-state index contributed by atoms with van der Waals surface area (Å²) in [4.78, 5) is 3.99. The summed E-state index contributed by atoms with van der Waals surface area (Å²) in [5.74, 6) is 0. The number of nitrogens with zero attached hydrogens (tertiary/aromatic N) is 2. The van der Waals surface area contributed by atoms with Crippen molar-refractivity contribution in [2.75, 3.05) is 0 Å². The highest BCUT2D eigenvalue weighted by molar-refractivity contribution is 5.35. The standard InChI is InChI=1S/C11H13N3/c1-9(12)10-2-4-11(5-3-10)14-7-6-13-8-14/h2-9H,12H2,1H3/t9-/m0/s1. The Hall–Kier alpha value is -1.61. The number of imidazole rings is 1. The van der Waals surface area contributed by atoms with E-state index in [9.17, 15) is 0 Å². The fraction of sp³-hybridized carbons (Fsp3) is 0.182. The van der Waals surface area contributed by atoms with Crippen molar-refractivity contribution in [1.29, 1.82) is 0 Å². The summed E-state index contributed by atoms with van der Waals surface area (Å²) in [5.41, 5.74) is 8.01. The van der Waals surface area contributed by atoms with Crippen molar-refractivity contribution in [2.45, 2.75) is 13.0 Å². The summed E-state index contributed by atoms with van der Waals surface area (Å²) < 4.78 is 1.96. The van der Waals surface area contributed by atoms with Crippen molar-refractivity contribution in [1.82, 2.24) is 9.55 Å². The summed E-state index contributed by atoms with van der Waals surface area (Å²) in [7, 11) is 0. The van der Waals surface area contributed by atoms with Crippen LogP contribution in [-0.4, -0.2) is 9.55 Å². The summed E-state index contributed by atoms with van der Waals surface area (Å²) in [6.45, 7) is 1.98. The molecule has 0 aliphatic rings. The molecular weight excluding hydrogens is 174 g/mol. The predicted molar refractivity (Wildman–Crippen MR) is 56.2 cm³/mol. The first-order chi connectivity index (χ1) is 6.77. The van der Waals surface area contributed by atoms with Crippen molar-refractivity contribution >= 4 is 0 Å². The van der Waals surface area contributed by atoms with Crippen LogP contribution >= 0.6 is 0 Å². The zero-order valence-electron chi connectivity index (χ0n) is 8.09. The summed E-state index contributed by atoms with van der Waals surface area (Å²) in [6.07, 6.45) is 5.46. The van der Waals surface area contributed by atoms with Gasteiger partial charge in [0.1, 0.15) is 0 Å². The van der Waals surface area contributed by atoms with Gasteiger partial charge in [0, 0.05) is 24.1 Å². The lowest BCUT2D eigenvalue weighted by Crippen LogP contribution is -2.04. The molecule has 2 aromatic rings. The average Bonchev–Trinajstić information content (AvgIpc) is 2.71. The van der Waals surface area contributed by atoms with Gasteiger partial charge in [-0.1, -0.05) is 12.1 Å². The molecule has 0 fully saturated rings. The third-order valence-electron chi connectivity index (χ3n) is 2.22. The molecule has 0 unspecified atom stereocenters. The Morgan fingerprint density at radius 2 is 2.00 bits per heavy atom. The highest BCUT2D eigenvalue weighted by Gasteiger charge is 1.99. The van der Waals surface area contributed by atoms with Crippen molar-refractivity contribution in [3.8, 4) is 5.69 Å². The van der Waals surface area contributed by atoms with Crippen LogP contribution in [0, 0.1) is 0 Å². The Morgan fingerprint density at radius 1 is 1.29 bits per heavy atom. The quantitative estimate of drug-likeness (QED) is 0.780. The maximum Gasteiger partial charge on any atom is 0.0991 e. The van der Waals surface area contributed by atoms with E-state index in [-0.39, 0.29) is 6.04 Å². The third kappa shape index (κ3) is 1.67. The molecule has 3 nitrogen and oxygen atoms in total. The van der Waals surface area contributed by atoms with E-state index in [1.807, 2.05) is 42.0 Å². The van der Waals surface area contributed by atoms with Gasteiger partial charge in [0.2, 0.25) is 0 Å². The normalized spacial score (nSPS) is 12.7. The van der Waals surface area contributed by atoms with Gasteiger partial charge >= 0.3 is 0 Å². The summed E-state index contributed by atoms with van der Waals surface area (Å²) >= 11 is 0. The number of hydrogen-bond donors (Lipinski definition) is 1. The summed E-state index contributed by atoms with van der Waals surface area (Å²) in [6, 6.07) is 8.26. The van der Waals surface area contributed by atoms with E-state index in [0.717, 1.165) is 11.3 Å². The first-order valence-electron chi connectivity index (χ1n) is 4.61. The monoisotopic (exact) mass is 187 g/mol. The number of rotatable bonds is 2. The molecule has 1 aromatic heterocycles. The Balaban J connectivity index is 2.31. The molecular formula is C11H13N3. The molecule has 0 saturated carbocycles. The maximum absolute atomic E-state index is 5.76. The molecule has 2 N–H and O–H groups in total. The second-order valence-corrected chi connectivity index (χ2v) is 3.35. The van der Waals surface area contributed by atoms with E-state index in [4.69, 9.17) is 5.73 Å². The van der Waals surface area contributed by atoms with Gasteiger partial charge in [-0.3, -0.25) is 0 Å². The summed E-state index contributed by atoms with van der Waals surface area (Å²) in [5, 5.41) is 0. The largest absolute Gasteiger partial charge is 0.324 e. The molecule has 0 radical (unpaired) electrons. The van der Waals surface area contributed by atoms with Crippen LogP contribution in [0.2, 0.25) is 0 Å². The van der Waals surface area contributed by atoms with Gasteiger partial charge in [-0.15, -0.1) is 0 Å². The van der Waals surface area contributed by atoms with Gasteiger partial charge in [0.25, 0.3) is 0 Å². The van der Waals surface area contributed by atoms with Crippen LogP contribution in [0.4, 0.5) is 0 Å². The van der Waals surface area contributed by atoms with Gasteiger partial charge in [-0.05, 0) is 24.6 Å². The maximum atomic E-state index is 5.76. The highest BCUT2D eigenvalue weighted by atomic mass is 15.0. The van der Waals surface area contributed by atoms with Crippen LogP contribution in [0.15, 0.2) is 43.0 Å². The van der Waals surface area contributed by atoms with E-state index in [1.54, 1.807) is 12.5 Å². The van der Waals surface area contributed by atoms with Crippen LogP contribution in [0.3, 0.4) is 0 Å². The zero-order chi connectivity index (χ0) is 9.97. The average molecular weight is 187 g/mol. The van der Waals surface area contributed by atoms with Gasteiger partial charge in [-0.25, -0.2) is 4.98 Å². The lowest BCUT2D eigenvalue weighted by Gasteiger charge is -2.07. The van der Waals surface area contributed by atoms with Crippen molar-refractivity contribution < 1.29 is 0 Å². The molecule has 3 heteroatoms. The van der Waals surface area contributed by atoms with Gasteiger partial charge in [-0.2, -0.15) is 0 Å². The molecule has 14 heavy (non-hydrogen) atoms. The van der Waals surface area contributed by atoms with Gasteiger partial charge < -0.3 is 10.3 Å². The third-order valence-corrected chi connectivity index (χ3v) is 2.22. The van der Waals surface area contributed by atoms with Crippen molar-refractivity contribution in [2.24, 2.45) is 5.73 Å². The Bertz CT molecular complexity index is 387. The topological polar surface area (TPSA) is 43.8 Å². The van der Waals surface area contributed by atoms with Crippen LogP contribution in [0.1, 0.15) is 18.5 Å². The molecule has 0 spiro atoms. The molecule has 1 aromatic carbocycles. The van der Waals surface area contributed by atoms with Crippen LogP contribution in [-0.2, 0) is 0 Å². The molecule has 72 valence electrons. The second kappa shape index (κ2) is 3.64. The number of nitrogens with two attached hydrogens (primary N) is 1. The molecule has 0 aliphatic carbocycles. The first kappa shape index (κ1) is 8.97. The number of aromatic nitrogens is 2. The zero-order valence-corrected chi connectivity index (χ0v) is 8.09. The van der Waals surface area contributed by atoms with E-state index in [2.05, 4.69) is 4.98 Å². The molecule has 0 aliphatic heterocycles. The number of benzene rings is 1. The second-order valence-electron chi connectivity index (χ2n) is 3.35. The first-order valence-corrected chi connectivity index (χ1v) is 4.61. The minimum atomic E-state index is 0.0897. The van der Waals surface area contributed by atoms with E-state index in [1.165, 1.54) is 0 Å². The molecule has 2 rings (SSSR count). The Labute approximate surface area is 83.2 Å². The lowest BCUT2D eigenvalue weighted by molar-refractivity contribution is 0.817. The van der Waals surface area contributed by atoms with E-state index < -0.39 is 0 Å². The minimum absolute atomic E-state index is 0.0897. The molecule has 0 amide bonds. The van der Waals surface area contributed by atoms with Crippen LogP contribution < -0.4 is 5.73 Å². The van der Waals surface area contributed by atoms with Crippen molar-refractivity contribution in [3.63, 3.8) is 0 Å². The van der Waals surface area contributed by atoms with E-state index >= 15 is 0 Å². The van der Waals surface area contributed by atoms with Crippen LogP contribution in [0.25, 0.3) is 5.69 Å². The van der Waals surface area contributed by atoms with Crippen molar-refractivity contribution in [3.05, 3.63) is 48.5 Å². The fourth-order valence-corrected chi connectivity index (χ4v) is 1.36. The van der Waals surface area contributed by atoms with Crippen LogP contribution in [0.5, 0.6) is 0 Å². The molecule has 1 heterocycles. The fourth-order valence-electron chi connectivity index (χ4n) is 1.36. The predicted octanol–water partition coefficient (Wildman–Crippen LogP) is 1.89. The Kier molecular flexibility index (Phi) is 2.33. The molecule has 0 bridgehead atoms. The minimum Gasteiger partial charge on any atom is -0.324 e. The van der Waals surface area contributed by atoms with Gasteiger partial charge in [0.15, 0.2) is 0 Å². The molecule has 1 atom stereocenters. The number of hydrogen-bond acceptors (Lipinski definition) is 2. The molecule has 0 saturated heterocycles. The highest BCUT2D eigenvalue weighted by Crippen LogP contribution is 2.13. The lowest BCUT2D eigenvalue weighted by atomic mass is 10.1. The smallest absolute Gasteiger partial charge is 0.0991 e. The van der Waals surface area contributed by atoms with E-state index in [0.29, 0.717) is 0 Å². The van der Waals surface area contributed by atoms with Gasteiger partial charge in [0.05, 0.1) is 6.33 Å². The Morgan fingerprint density at radius 3 is 2.50 bits per heavy atom.